The first-order chi connectivity index (χ1) is 10.2. The molecule has 5 heteroatoms. The molecule has 0 radical (unpaired) electrons. The van der Waals surface area contributed by atoms with Gasteiger partial charge in [0, 0.05) is 37.4 Å². The van der Waals surface area contributed by atoms with E-state index in [-0.39, 0.29) is 5.92 Å². The third kappa shape index (κ3) is 4.10. The molecule has 0 aliphatic carbocycles. The fourth-order valence-corrected chi connectivity index (χ4v) is 3.03. The van der Waals surface area contributed by atoms with Gasteiger partial charge in [0.05, 0.1) is 10.7 Å². The molecular weight excluding hydrogens is 286 g/mol. The highest BCUT2D eigenvalue weighted by Gasteiger charge is 2.26. The number of hydrogen-bond acceptors (Lipinski definition) is 3. The van der Waals surface area contributed by atoms with E-state index in [0.29, 0.717) is 17.0 Å². The van der Waals surface area contributed by atoms with Gasteiger partial charge in [-0.2, -0.15) is 0 Å². The maximum absolute atomic E-state index is 12.4. The number of aromatic nitrogens is 1. The maximum atomic E-state index is 12.4. The summed E-state index contributed by atoms with van der Waals surface area (Å²) in [6, 6.07) is 2.26. The molecule has 1 aromatic rings. The van der Waals surface area contributed by atoms with Crippen LogP contribution in [0.15, 0.2) is 18.5 Å². The lowest BCUT2D eigenvalue weighted by Gasteiger charge is -2.34. The zero-order valence-electron chi connectivity index (χ0n) is 12.8. The quantitative estimate of drug-likeness (QED) is 0.904. The van der Waals surface area contributed by atoms with Crippen molar-refractivity contribution >= 4 is 23.2 Å². The molecule has 21 heavy (non-hydrogen) atoms. The molecule has 0 saturated carbocycles. The minimum Gasteiger partial charge on any atom is -0.381 e. The van der Waals surface area contributed by atoms with Crippen molar-refractivity contribution in [3.05, 3.63) is 23.5 Å². The molecule has 1 aliphatic rings. The molecule has 0 atom stereocenters. The van der Waals surface area contributed by atoms with Crippen LogP contribution >= 0.6 is 11.6 Å². The summed E-state index contributed by atoms with van der Waals surface area (Å²) in [7, 11) is 0. The van der Waals surface area contributed by atoms with Crippen molar-refractivity contribution in [2.45, 2.75) is 45.6 Å². The summed E-state index contributed by atoms with van der Waals surface area (Å²) >= 11 is 6.11. The van der Waals surface area contributed by atoms with E-state index in [4.69, 9.17) is 11.6 Å². The summed E-state index contributed by atoms with van der Waals surface area (Å²) in [4.78, 5) is 18.4. The van der Waals surface area contributed by atoms with Crippen LogP contribution in [-0.2, 0) is 4.79 Å². The smallest absolute Gasteiger partial charge is 0.225 e. The Balaban J connectivity index is 1.86. The summed E-state index contributed by atoms with van der Waals surface area (Å²) in [5.41, 5.74) is 0.927. The zero-order valence-corrected chi connectivity index (χ0v) is 13.6. The molecule has 2 rings (SSSR count). The summed E-state index contributed by atoms with van der Waals surface area (Å²) in [5.74, 6) is 0.504. The lowest BCUT2D eigenvalue weighted by atomic mass is 9.98. The van der Waals surface area contributed by atoms with E-state index in [1.807, 2.05) is 11.0 Å². The number of pyridine rings is 1. The Morgan fingerprint density at radius 1 is 1.43 bits per heavy atom. The van der Waals surface area contributed by atoms with Crippen molar-refractivity contribution in [3.8, 4) is 0 Å². The van der Waals surface area contributed by atoms with E-state index in [0.717, 1.165) is 44.5 Å². The average Bonchev–Trinajstić information content (AvgIpc) is 2.51. The number of halogens is 1. The highest BCUT2D eigenvalue weighted by molar-refractivity contribution is 6.33. The Hall–Kier alpha value is -1.29. The van der Waals surface area contributed by atoms with Crippen LogP contribution in [0.25, 0.3) is 0 Å². The number of likely N-dealkylation sites (tertiary alicyclic amines) is 1. The number of piperidine rings is 1. The van der Waals surface area contributed by atoms with Crippen LogP contribution < -0.4 is 5.32 Å². The highest BCUT2D eigenvalue weighted by atomic mass is 35.5. The monoisotopic (exact) mass is 309 g/mol. The van der Waals surface area contributed by atoms with Crippen LogP contribution in [0.3, 0.4) is 0 Å². The van der Waals surface area contributed by atoms with Crippen LogP contribution in [0, 0.1) is 5.92 Å². The van der Waals surface area contributed by atoms with Crippen LogP contribution in [0.1, 0.15) is 39.5 Å². The fraction of sp³-hybridized carbons (Fsp3) is 0.625. The molecule has 1 fully saturated rings. The second-order valence-corrected chi connectivity index (χ2v) is 6.02. The molecule has 1 aromatic heterocycles. The van der Waals surface area contributed by atoms with Gasteiger partial charge in [-0.15, -0.1) is 0 Å². The Morgan fingerprint density at radius 3 is 2.67 bits per heavy atom. The number of hydrogen-bond donors (Lipinski definition) is 1. The Kier molecular flexibility index (Phi) is 5.85. The first kappa shape index (κ1) is 16.1. The number of nitrogens with zero attached hydrogens (tertiary/aromatic N) is 2. The van der Waals surface area contributed by atoms with Crippen LogP contribution in [0.2, 0.25) is 5.02 Å². The van der Waals surface area contributed by atoms with Crippen LogP contribution in [-0.4, -0.2) is 34.9 Å². The predicted octanol–water partition coefficient (Wildman–Crippen LogP) is 3.57. The molecule has 1 aliphatic heterocycles. The number of nitrogens with one attached hydrogen (secondary N) is 1. The van der Waals surface area contributed by atoms with Crippen molar-refractivity contribution < 1.29 is 4.79 Å². The number of amides is 1. The molecule has 0 spiro atoms. The lowest BCUT2D eigenvalue weighted by molar-refractivity contribution is -0.136. The fourth-order valence-electron chi connectivity index (χ4n) is 2.85. The van der Waals surface area contributed by atoms with Gasteiger partial charge in [0.25, 0.3) is 0 Å². The van der Waals surface area contributed by atoms with Gasteiger partial charge in [0.2, 0.25) is 5.91 Å². The summed E-state index contributed by atoms with van der Waals surface area (Å²) in [5, 5.41) is 4.10. The molecule has 1 N–H and O–H groups in total. The van der Waals surface area contributed by atoms with Gasteiger partial charge >= 0.3 is 0 Å². The second-order valence-electron chi connectivity index (χ2n) is 5.61. The Labute approximate surface area is 131 Å². The predicted molar refractivity (Wildman–Crippen MR) is 86.5 cm³/mol. The molecule has 1 amide bonds. The molecular formula is C16H24ClN3O. The molecule has 0 bridgehead atoms. The number of anilines is 1. The van der Waals surface area contributed by atoms with Crippen molar-refractivity contribution in [1.82, 2.24) is 9.88 Å². The van der Waals surface area contributed by atoms with Crippen molar-refractivity contribution in [2.24, 2.45) is 5.92 Å². The topological polar surface area (TPSA) is 45.2 Å². The number of carbonyl (C=O) groups is 1. The van der Waals surface area contributed by atoms with Gasteiger partial charge in [0.1, 0.15) is 0 Å². The van der Waals surface area contributed by atoms with E-state index in [1.54, 1.807) is 12.4 Å². The van der Waals surface area contributed by atoms with E-state index in [2.05, 4.69) is 24.1 Å². The summed E-state index contributed by atoms with van der Waals surface area (Å²) in [6.45, 7) is 5.84. The van der Waals surface area contributed by atoms with Gasteiger partial charge in [0.15, 0.2) is 0 Å². The van der Waals surface area contributed by atoms with Crippen LogP contribution in [0.4, 0.5) is 5.69 Å². The molecule has 4 nitrogen and oxygen atoms in total. The van der Waals surface area contributed by atoms with Gasteiger partial charge < -0.3 is 10.2 Å². The average molecular weight is 310 g/mol. The van der Waals surface area contributed by atoms with E-state index in [9.17, 15) is 4.79 Å². The zero-order chi connectivity index (χ0) is 15.2. The van der Waals surface area contributed by atoms with Crippen LogP contribution in [0.5, 0.6) is 0 Å². The first-order valence-corrected chi connectivity index (χ1v) is 8.18. The van der Waals surface area contributed by atoms with Crippen molar-refractivity contribution in [2.75, 3.05) is 18.4 Å². The van der Waals surface area contributed by atoms with E-state index < -0.39 is 0 Å². The number of rotatable bonds is 5. The largest absolute Gasteiger partial charge is 0.381 e. The Bertz CT molecular complexity index is 468. The minimum atomic E-state index is 0.184. The molecule has 2 heterocycles. The maximum Gasteiger partial charge on any atom is 0.225 e. The third-order valence-electron chi connectivity index (χ3n) is 4.27. The van der Waals surface area contributed by atoms with E-state index >= 15 is 0 Å². The van der Waals surface area contributed by atoms with Gasteiger partial charge in [-0.05, 0) is 31.7 Å². The first-order valence-electron chi connectivity index (χ1n) is 7.80. The molecule has 0 aromatic carbocycles. The van der Waals surface area contributed by atoms with Gasteiger partial charge in [-0.25, -0.2) is 0 Å². The summed E-state index contributed by atoms with van der Waals surface area (Å²) < 4.78 is 0. The minimum absolute atomic E-state index is 0.184. The standard InChI is InChI=1S/C16H24ClN3O/c1-3-12(4-2)16(21)20-9-6-13(7-10-20)19-15-5-8-18-11-14(15)17/h5,8,11-13H,3-4,6-7,9-10H2,1-2H3,(H,18,19). The molecule has 1 saturated heterocycles. The lowest BCUT2D eigenvalue weighted by Crippen LogP contribution is -2.44. The van der Waals surface area contributed by atoms with Crippen molar-refractivity contribution in [3.63, 3.8) is 0 Å². The normalized spacial score (nSPS) is 16.3. The second kappa shape index (κ2) is 7.64. The van der Waals surface area contributed by atoms with Gasteiger partial charge in [-0.3, -0.25) is 9.78 Å². The third-order valence-corrected chi connectivity index (χ3v) is 4.57. The SMILES string of the molecule is CCC(CC)C(=O)N1CCC(Nc2ccncc2Cl)CC1. The highest BCUT2D eigenvalue weighted by Crippen LogP contribution is 2.24. The van der Waals surface area contributed by atoms with Gasteiger partial charge in [-0.1, -0.05) is 25.4 Å². The number of carbonyl (C=O) groups excluding carboxylic acids is 1. The molecule has 0 unspecified atom stereocenters. The Morgan fingerprint density at radius 2 is 2.10 bits per heavy atom. The summed E-state index contributed by atoms with van der Waals surface area (Å²) in [6.07, 6.45) is 7.17. The molecule has 116 valence electrons. The van der Waals surface area contributed by atoms with Crippen molar-refractivity contribution in [1.29, 1.82) is 0 Å². The van der Waals surface area contributed by atoms with E-state index in [1.165, 1.54) is 0 Å².